The Kier molecular flexibility index (Phi) is 10.3. The van der Waals surface area contributed by atoms with E-state index in [0.29, 0.717) is 23.4 Å². The first kappa shape index (κ1) is 29.9. The minimum Gasteiger partial charge on any atom is -0.475 e. The number of carbonyl (C=O) groups is 2. The molecule has 2 aromatic carbocycles. The van der Waals surface area contributed by atoms with Gasteiger partial charge >= 0.3 is 12.1 Å². The van der Waals surface area contributed by atoms with Gasteiger partial charge in [-0.15, -0.1) is 0 Å². The van der Waals surface area contributed by atoms with Crippen LogP contribution in [0.2, 0.25) is 0 Å². The highest BCUT2D eigenvalue weighted by molar-refractivity contribution is 7.92. The largest absolute Gasteiger partial charge is 0.490 e. The summed E-state index contributed by atoms with van der Waals surface area (Å²) < 4.78 is 60.8. The van der Waals surface area contributed by atoms with Crippen LogP contribution in [0.25, 0.3) is 0 Å². The van der Waals surface area contributed by atoms with Crippen molar-refractivity contribution in [2.75, 3.05) is 42.3 Å². The van der Waals surface area contributed by atoms with Crippen molar-refractivity contribution in [3.8, 4) is 0 Å². The monoisotopic (exact) mass is 544 g/mol. The zero-order valence-corrected chi connectivity index (χ0v) is 21.6. The summed E-state index contributed by atoms with van der Waals surface area (Å²) in [6, 6.07) is 10.5. The molecule has 1 fully saturated rings. The Morgan fingerprint density at radius 3 is 2.24 bits per heavy atom. The minimum absolute atomic E-state index is 0.212. The van der Waals surface area contributed by atoms with Crippen molar-refractivity contribution in [3.05, 3.63) is 53.1 Å². The molecule has 2 aromatic rings. The quantitative estimate of drug-likeness (QED) is 0.421. The number of rotatable bonds is 7. The summed E-state index contributed by atoms with van der Waals surface area (Å²) in [6.07, 6.45) is -4.25. The van der Waals surface area contributed by atoms with E-state index in [1.54, 1.807) is 31.2 Å². The van der Waals surface area contributed by atoms with E-state index >= 15 is 0 Å². The van der Waals surface area contributed by atoms with Crippen molar-refractivity contribution in [3.63, 3.8) is 0 Å². The SMILES string of the molecule is CCCNC(=O)c1ccc(N2CCNCC2)c(NS(=O)(=O)c2ccc(C)cc2C)c1.O=C(O)C(F)(F)F. The lowest BCUT2D eigenvalue weighted by Crippen LogP contribution is -2.43. The standard InChI is InChI=1S/C22H30N4O3S.C2HF3O2/c1-4-9-24-22(27)18-6-7-20(26-12-10-23-11-13-26)19(15-18)25-30(28,29)21-8-5-16(2)14-17(21)3;3-2(4,5)1(6)7/h5-8,14-15,23,25H,4,9-13H2,1-3H3,(H,24,27);(H,6,7). The van der Waals surface area contributed by atoms with Crippen molar-refractivity contribution < 1.29 is 36.3 Å². The van der Waals surface area contributed by atoms with Crippen LogP contribution < -0.4 is 20.3 Å². The van der Waals surface area contributed by atoms with Crippen LogP contribution in [0.1, 0.15) is 34.8 Å². The molecular weight excluding hydrogens is 513 g/mol. The normalized spacial score (nSPS) is 13.8. The molecule has 0 spiro atoms. The Morgan fingerprint density at radius 2 is 1.70 bits per heavy atom. The number of amides is 1. The Hall–Kier alpha value is -3.32. The fraction of sp³-hybridized carbons (Fsp3) is 0.417. The van der Waals surface area contributed by atoms with E-state index in [4.69, 9.17) is 9.90 Å². The molecule has 4 N–H and O–H groups in total. The maximum absolute atomic E-state index is 13.2. The number of carboxylic acids is 1. The van der Waals surface area contributed by atoms with E-state index in [9.17, 15) is 26.4 Å². The van der Waals surface area contributed by atoms with Crippen LogP contribution in [0, 0.1) is 13.8 Å². The van der Waals surface area contributed by atoms with Gasteiger partial charge in [0.2, 0.25) is 0 Å². The van der Waals surface area contributed by atoms with E-state index in [2.05, 4.69) is 20.3 Å². The molecule has 0 unspecified atom stereocenters. The number of aliphatic carboxylic acids is 1. The highest BCUT2D eigenvalue weighted by Crippen LogP contribution is 2.30. The number of benzene rings is 2. The average Bonchev–Trinajstić information content (AvgIpc) is 2.82. The Labute approximate surface area is 214 Å². The van der Waals surface area contributed by atoms with E-state index < -0.39 is 22.2 Å². The molecule has 0 atom stereocenters. The van der Waals surface area contributed by atoms with Gasteiger partial charge in [-0.25, -0.2) is 13.2 Å². The predicted octanol–water partition coefficient (Wildman–Crippen LogP) is 3.29. The fourth-order valence-corrected chi connectivity index (χ4v) is 4.87. The van der Waals surface area contributed by atoms with Crippen LogP contribution >= 0.6 is 0 Å². The molecule has 37 heavy (non-hydrogen) atoms. The van der Waals surface area contributed by atoms with E-state index in [1.807, 2.05) is 26.0 Å². The molecule has 1 aliphatic heterocycles. The average molecular weight is 545 g/mol. The van der Waals surface area contributed by atoms with Crippen molar-refractivity contribution in [1.29, 1.82) is 0 Å². The molecule has 0 bridgehead atoms. The molecular formula is C24H31F3N4O5S. The number of alkyl halides is 3. The van der Waals surface area contributed by atoms with Crippen LogP contribution in [0.15, 0.2) is 41.3 Å². The maximum atomic E-state index is 13.2. The summed E-state index contributed by atoms with van der Waals surface area (Å²) in [5.74, 6) is -2.97. The Bertz CT molecular complexity index is 1210. The molecule has 204 valence electrons. The van der Waals surface area contributed by atoms with Crippen LogP contribution in [-0.4, -0.2) is 64.3 Å². The van der Waals surface area contributed by atoms with Gasteiger partial charge in [-0.2, -0.15) is 13.2 Å². The lowest BCUT2D eigenvalue weighted by atomic mass is 10.1. The van der Waals surface area contributed by atoms with Crippen LogP contribution in [0.5, 0.6) is 0 Å². The van der Waals surface area contributed by atoms with E-state index in [-0.39, 0.29) is 10.8 Å². The molecule has 1 heterocycles. The molecule has 9 nitrogen and oxygen atoms in total. The van der Waals surface area contributed by atoms with Crippen molar-refractivity contribution in [1.82, 2.24) is 10.6 Å². The molecule has 13 heteroatoms. The third-order valence-electron chi connectivity index (χ3n) is 5.36. The predicted molar refractivity (Wildman–Crippen MR) is 135 cm³/mol. The fourth-order valence-electron chi connectivity index (χ4n) is 3.58. The first-order chi connectivity index (χ1) is 17.3. The van der Waals surface area contributed by atoms with Gasteiger partial charge in [-0.3, -0.25) is 9.52 Å². The van der Waals surface area contributed by atoms with Crippen molar-refractivity contribution in [2.45, 2.75) is 38.3 Å². The summed E-state index contributed by atoms with van der Waals surface area (Å²) in [5, 5.41) is 13.3. The molecule has 1 aliphatic rings. The number of carbonyl (C=O) groups excluding carboxylic acids is 1. The second kappa shape index (κ2) is 12.8. The van der Waals surface area contributed by atoms with Gasteiger partial charge in [0, 0.05) is 38.3 Å². The lowest BCUT2D eigenvalue weighted by molar-refractivity contribution is -0.192. The first-order valence-corrected chi connectivity index (χ1v) is 13.0. The van der Waals surface area contributed by atoms with E-state index in [0.717, 1.165) is 43.9 Å². The lowest BCUT2D eigenvalue weighted by Gasteiger charge is -2.31. The number of sulfonamides is 1. The molecule has 3 rings (SSSR count). The van der Waals surface area contributed by atoms with Gasteiger partial charge in [0.1, 0.15) is 0 Å². The van der Waals surface area contributed by atoms with Gasteiger partial charge in [0.05, 0.1) is 16.3 Å². The zero-order chi connectivity index (χ0) is 27.8. The number of nitrogens with zero attached hydrogens (tertiary/aromatic N) is 1. The van der Waals surface area contributed by atoms with Gasteiger partial charge in [0.25, 0.3) is 15.9 Å². The third kappa shape index (κ3) is 8.64. The smallest absolute Gasteiger partial charge is 0.475 e. The number of carboxylic acid groups (broad SMARTS) is 1. The molecule has 0 aromatic heterocycles. The van der Waals surface area contributed by atoms with Gasteiger partial charge in [-0.1, -0.05) is 24.6 Å². The van der Waals surface area contributed by atoms with Crippen molar-refractivity contribution >= 4 is 33.3 Å². The highest BCUT2D eigenvalue weighted by Gasteiger charge is 2.38. The number of piperazine rings is 1. The number of hydrogen-bond donors (Lipinski definition) is 4. The van der Waals surface area contributed by atoms with Crippen molar-refractivity contribution in [2.24, 2.45) is 0 Å². The molecule has 1 amide bonds. The van der Waals surface area contributed by atoms with Gasteiger partial charge in [0.15, 0.2) is 0 Å². The molecule has 0 radical (unpaired) electrons. The van der Waals surface area contributed by atoms with Crippen LogP contribution in [0.4, 0.5) is 24.5 Å². The zero-order valence-electron chi connectivity index (χ0n) is 20.8. The molecule has 1 saturated heterocycles. The Morgan fingerprint density at radius 1 is 1.08 bits per heavy atom. The highest BCUT2D eigenvalue weighted by atomic mass is 32.2. The molecule has 0 saturated carbocycles. The summed E-state index contributed by atoms with van der Waals surface area (Å²) in [5.41, 5.74) is 3.31. The van der Waals surface area contributed by atoms with E-state index in [1.165, 1.54) is 0 Å². The topological polar surface area (TPSA) is 128 Å². The third-order valence-corrected chi connectivity index (χ3v) is 6.88. The second-order valence-electron chi connectivity index (χ2n) is 8.40. The van der Waals surface area contributed by atoms with Gasteiger partial charge in [-0.05, 0) is 50.1 Å². The summed E-state index contributed by atoms with van der Waals surface area (Å²) >= 11 is 0. The number of aryl methyl sites for hydroxylation is 2. The number of halogens is 3. The van der Waals surface area contributed by atoms with Crippen LogP contribution in [-0.2, 0) is 14.8 Å². The van der Waals surface area contributed by atoms with Crippen LogP contribution in [0.3, 0.4) is 0 Å². The number of anilines is 2. The second-order valence-corrected chi connectivity index (χ2v) is 10.1. The first-order valence-electron chi connectivity index (χ1n) is 11.5. The molecule has 0 aliphatic carbocycles. The number of nitrogens with one attached hydrogen (secondary N) is 3. The van der Waals surface area contributed by atoms with Gasteiger partial charge < -0.3 is 20.6 Å². The maximum Gasteiger partial charge on any atom is 0.490 e. The Balaban J connectivity index is 0.000000604. The summed E-state index contributed by atoms with van der Waals surface area (Å²) in [4.78, 5) is 23.7. The summed E-state index contributed by atoms with van der Waals surface area (Å²) in [6.45, 7) is 9.44. The minimum atomic E-state index is -5.08. The summed E-state index contributed by atoms with van der Waals surface area (Å²) in [7, 11) is -3.81. The number of hydrogen-bond acceptors (Lipinski definition) is 6.